The molecule has 0 radical (unpaired) electrons. The van der Waals surface area contributed by atoms with E-state index in [2.05, 4.69) is 26.1 Å². The molecule has 0 heterocycles. The number of amides is 1. The van der Waals surface area contributed by atoms with Gasteiger partial charge in [-0.15, -0.1) is 12.4 Å². The summed E-state index contributed by atoms with van der Waals surface area (Å²) >= 11 is 0. The van der Waals surface area contributed by atoms with Gasteiger partial charge in [0, 0.05) is 18.5 Å². The summed E-state index contributed by atoms with van der Waals surface area (Å²) in [6.45, 7) is 8.46. The molecule has 0 aliphatic rings. The SMILES string of the molecule is CC(C)CCCC(C)NC(=O)CCC(C)N.Cl. The summed E-state index contributed by atoms with van der Waals surface area (Å²) in [4.78, 5) is 11.5. The lowest BCUT2D eigenvalue weighted by Gasteiger charge is -2.15. The highest BCUT2D eigenvalue weighted by atomic mass is 35.5. The van der Waals surface area contributed by atoms with Crippen molar-refractivity contribution in [3.63, 3.8) is 0 Å². The number of nitrogens with one attached hydrogen (secondary N) is 1. The van der Waals surface area contributed by atoms with Crippen molar-refractivity contribution < 1.29 is 4.79 Å². The molecule has 0 rings (SSSR count). The van der Waals surface area contributed by atoms with Crippen molar-refractivity contribution >= 4 is 18.3 Å². The Kier molecular flexibility index (Phi) is 12.2. The number of halogens is 1. The first-order chi connectivity index (χ1) is 7.41. The zero-order valence-electron chi connectivity index (χ0n) is 11.7. The quantitative estimate of drug-likeness (QED) is 0.708. The van der Waals surface area contributed by atoms with Crippen LogP contribution in [0.25, 0.3) is 0 Å². The van der Waals surface area contributed by atoms with Crippen molar-refractivity contribution in [2.75, 3.05) is 0 Å². The molecular formula is C13H29ClN2O. The molecule has 0 saturated heterocycles. The Hall–Kier alpha value is -0.280. The van der Waals surface area contributed by atoms with Crippen LogP contribution in [0.4, 0.5) is 0 Å². The number of nitrogens with two attached hydrogens (primary N) is 1. The Morgan fingerprint density at radius 3 is 2.18 bits per heavy atom. The molecule has 0 spiro atoms. The van der Waals surface area contributed by atoms with Gasteiger partial charge in [0.05, 0.1) is 0 Å². The highest BCUT2D eigenvalue weighted by molar-refractivity contribution is 5.85. The molecule has 2 unspecified atom stereocenters. The van der Waals surface area contributed by atoms with Crippen molar-refractivity contribution in [3.05, 3.63) is 0 Å². The molecule has 0 aromatic heterocycles. The summed E-state index contributed by atoms with van der Waals surface area (Å²) in [7, 11) is 0. The first-order valence-corrected chi connectivity index (χ1v) is 6.46. The number of hydrogen-bond donors (Lipinski definition) is 2. The normalized spacial score (nSPS) is 14.0. The van der Waals surface area contributed by atoms with Gasteiger partial charge in [-0.2, -0.15) is 0 Å². The molecule has 0 saturated carbocycles. The van der Waals surface area contributed by atoms with Crippen LogP contribution in [0.2, 0.25) is 0 Å². The van der Waals surface area contributed by atoms with E-state index < -0.39 is 0 Å². The van der Waals surface area contributed by atoms with Gasteiger partial charge >= 0.3 is 0 Å². The molecule has 0 aromatic carbocycles. The van der Waals surface area contributed by atoms with Crippen LogP contribution in [-0.4, -0.2) is 18.0 Å². The van der Waals surface area contributed by atoms with Crippen molar-refractivity contribution in [2.24, 2.45) is 11.7 Å². The van der Waals surface area contributed by atoms with E-state index in [1.54, 1.807) is 0 Å². The van der Waals surface area contributed by atoms with Crippen LogP contribution in [-0.2, 0) is 4.79 Å². The Morgan fingerprint density at radius 2 is 1.71 bits per heavy atom. The van der Waals surface area contributed by atoms with E-state index in [0.717, 1.165) is 18.8 Å². The summed E-state index contributed by atoms with van der Waals surface area (Å²) in [6.07, 6.45) is 4.81. The molecular weight excluding hydrogens is 236 g/mol. The third-order valence-corrected chi connectivity index (χ3v) is 2.65. The van der Waals surface area contributed by atoms with Crippen LogP contribution in [0.5, 0.6) is 0 Å². The van der Waals surface area contributed by atoms with Crippen LogP contribution >= 0.6 is 12.4 Å². The maximum atomic E-state index is 11.5. The van der Waals surface area contributed by atoms with Gasteiger partial charge in [0.25, 0.3) is 0 Å². The van der Waals surface area contributed by atoms with Gasteiger partial charge in [-0.3, -0.25) is 4.79 Å². The fourth-order valence-corrected chi connectivity index (χ4v) is 1.61. The number of carbonyl (C=O) groups excluding carboxylic acids is 1. The van der Waals surface area contributed by atoms with E-state index in [4.69, 9.17) is 5.73 Å². The lowest BCUT2D eigenvalue weighted by atomic mass is 10.0. The second kappa shape index (κ2) is 10.8. The number of rotatable bonds is 8. The Morgan fingerprint density at radius 1 is 1.12 bits per heavy atom. The lowest BCUT2D eigenvalue weighted by molar-refractivity contribution is -0.121. The van der Waals surface area contributed by atoms with E-state index >= 15 is 0 Å². The van der Waals surface area contributed by atoms with Crippen LogP contribution < -0.4 is 11.1 Å². The van der Waals surface area contributed by atoms with Crippen molar-refractivity contribution in [3.8, 4) is 0 Å². The minimum Gasteiger partial charge on any atom is -0.354 e. The van der Waals surface area contributed by atoms with Crippen LogP contribution in [0.3, 0.4) is 0 Å². The predicted molar refractivity (Wildman–Crippen MR) is 76.4 cm³/mol. The van der Waals surface area contributed by atoms with Crippen LogP contribution in [0.1, 0.15) is 59.8 Å². The molecule has 0 aromatic rings. The topological polar surface area (TPSA) is 55.1 Å². The Balaban J connectivity index is 0. The fraction of sp³-hybridized carbons (Fsp3) is 0.923. The highest BCUT2D eigenvalue weighted by Gasteiger charge is 2.08. The molecule has 4 heteroatoms. The largest absolute Gasteiger partial charge is 0.354 e. The monoisotopic (exact) mass is 264 g/mol. The fourth-order valence-electron chi connectivity index (χ4n) is 1.61. The average molecular weight is 265 g/mol. The summed E-state index contributed by atoms with van der Waals surface area (Å²) in [6, 6.07) is 0.404. The van der Waals surface area contributed by atoms with E-state index in [0.29, 0.717) is 12.5 Å². The van der Waals surface area contributed by atoms with Crippen molar-refractivity contribution in [1.29, 1.82) is 0 Å². The first-order valence-electron chi connectivity index (χ1n) is 6.46. The van der Waals surface area contributed by atoms with Gasteiger partial charge < -0.3 is 11.1 Å². The molecule has 0 bridgehead atoms. The molecule has 17 heavy (non-hydrogen) atoms. The van der Waals surface area contributed by atoms with Crippen LogP contribution in [0, 0.1) is 5.92 Å². The highest BCUT2D eigenvalue weighted by Crippen LogP contribution is 2.08. The molecule has 0 aliphatic carbocycles. The van der Waals surface area contributed by atoms with Gasteiger partial charge in [0.15, 0.2) is 0 Å². The van der Waals surface area contributed by atoms with Gasteiger partial charge in [-0.1, -0.05) is 26.7 Å². The van der Waals surface area contributed by atoms with E-state index in [1.165, 1.54) is 12.8 Å². The Labute approximate surface area is 112 Å². The summed E-state index contributed by atoms with van der Waals surface area (Å²) < 4.78 is 0. The van der Waals surface area contributed by atoms with Gasteiger partial charge in [-0.05, 0) is 32.6 Å². The molecule has 1 amide bonds. The Bertz CT molecular complexity index is 196. The summed E-state index contributed by atoms with van der Waals surface area (Å²) in [5.74, 6) is 0.885. The minimum atomic E-state index is 0. The maximum Gasteiger partial charge on any atom is 0.220 e. The van der Waals surface area contributed by atoms with E-state index in [9.17, 15) is 4.79 Å². The summed E-state index contributed by atoms with van der Waals surface area (Å²) in [5, 5.41) is 3.01. The van der Waals surface area contributed by atoms with E-state index in [1.807, 2.05) is 6.92 Å². The number of carbonyl (C=O) groups is 1. The first kappa shape index (κ1) is 19.1. The smallest absolute Gasteiger partial charge is 0.220 e. The van der Waals surface area contributed by atoms with Gasteiger partial charge in [0.2, 0.25) is 5.91 Å². The third kappa shape index (κ3) is 13.7. The number of hydrogen-bond acceptors (Lipinski definition) is 2. The van der Waals surface area contributed by atoms with Gasteiger partial charge in [-0.25, -0.2) is 0 Å². The standard InChI is InChI=1S/C13H28N2O.ClH/c1-10(2)6-5-7-12(4)15-13(16)9-8-11(3)14;/h10-12H,5-9,14H2,1-4H3,(H,15,16);1H. The molecule has 0 aliphatic heterocycles. The maximum absolute atomic E-state index is 11.5. The van der Waals surface area contributed by atoms with Crippen LogP contribution in [0.15, 0.2) is 0 Å². The lowest BCUT2D eigenvalue weighted by Crippen LogP contribution is -2.33. The van der Waals surface area contributed by atoms with Gasteiger partial charge in [0.1, 0.15) is 0 Å². The predicted octanol–water partition coefficient (Wildman–Crippen LogP) is 2.87. The molecule has 3 N–H and O–H groups in total. The van der Waals surface area contributed by atoms with Crippen molar-refractivity contribution in [1.82, 2.24) is 5.32 Å². The van der Waals surface area contributed by atoms with Crippen molar-refractivity contribution in [2.45, 2.75) is 71.9 Å². The van der Waals surface area contributed by atoms with E-state index in [-0.39, 0.29) is 24.4 Å². The minimum absolute atomic E-state index is 0. The molecule has 0 fully saturated rings. The zero-order chi connectivity index (χ0) is 12.6. The molecule has 2 atom stereocenters. The molecule has 3 nitrogen and oxygen atoms in total. The second-order valence-corrected chi connectivity index (χ2v) is 5.31. The third-order valence-electron chi connectivity index (χ3n) is 2.65. The molecule has 104 valence electrons. The average Bonchev–Trinajstić information content (AvgIpc) is 2.14. The summed E-state index contributed by atoms with van der Waals surface area (Å²) in [5.41, 5.74) is 5.60. The second-order valence-electron chi connectivity index (χ2n) is 5.31. The zero-order valence-corrected chi connectivity index (χ0v) is 12.5.